The van der Waals surface area contributed by atoms with Crippen LogP contribution in [0.25, 0.3) is 10.9 Å². The Morgan fingerprint density at radius 2 is 2.00 bits per heavy atom. The first-order valence-electron chi connectivity index (χ1n) is 8.78. The molecule has 0 aliphatic heterocycles. The SMILES string of the molecule is CCCCCOc1occc(=O)c1Sc1ccnc2cc(C(F)(F)F)ccc12. The molecular formula is C20H18F3NO3S. The van der Waals surface area contributed by atoms with Crippen LogP contribution in [-0.4, -0.2) is 11.6 Å². The first-order chi connectivity index (χ1) is 13.4. The highest BCUT2D eigenvalue weighted by molar-refractivity contribution is 7.99. The molecule has 0 unspecified atom stereocenters. The summed E-state index contributed by atoms with van der Waals surface area (Å²) in [5, 5.41) is 0.515. The van der Waals surface area contributed by atoms with Crippen molar-refractivity contribution in [1.29, 1.82) is 0 Å². The summed E-state index contributed by atoms with van der Waals surface area (Å²) < 4.78 is 49.8. The van der Waals surface area contributed by atoms with Crippen LogP contribution >= 0.6 is 11.8 Å². The number of alkyl halides is 3. The van der Waals surface area contributed by atoms with Gasteiger partial charge in [-0.25, -0.2) is 0 Å². The van der Waals surface area contributed by atoms with Crippen LogP contribution in [0.4, 0.5) is 13.2 Å². The summed E-state index contributed by atoms with van der Waals surface area (Å²) in [5.74, 6) is 0.116. The fourth-order valence-corrected chi connectivity index (χ4v) is 3.58. The molecule has 3 rings (SSSR count). The van der Waals surface area contributed by atoms with Gasteiger partial charge in [-0.2, -0.15) is 13.2 Å². The summed E-state index contributed by atoms with van der Waals surface area (Å²) in [6.07, 6.45) is 1.10. The third kappa shape index (κ3) is 4.67. The molecule has 0 spiro atoms. The highest BCUT2D eigenvalue weighted by Crippen LogP contribution is 2.37. The number of hydrogen-bond acceptors (Lipinski definition) is 5. The molecule has 28 heavy (non-hydrogen) atoms. The maximum Gasteiger partial charge on any atom is 0.416 e. The van der Waals surface area contributed by atoms with Crippen molar-refractivity contribution in [1.82, 2.24) is 4.98 Å². The number of aromatic nitrogens is 1. The number of fused-ring (bicyclic) bond motifs is 1. The van der Waals surface area contributed by atoms with E-state index in [1.807, 2.05) is 0 Å². The van der Waals surface area contributed by atoms with Crippen molar-refractivity contribution in [3.05, 3.63) is 58.6 Å². The number of benzene rings is 1. The van der Waals surface area contributed by atoms with Gasteiger partial charge in [0.2, 0.25) is 5.43 Å². The Labute approximate surface area is 163 Å². The average molecular weight is 409 g/mol. The van der Waals surface area contributed by atoms with E-state index in [0.717, 1.165) is 43.2 Å². The lowest BCUT2D eigenvalue weighted by molar-refractivity contribution is -0.137. The largest absolute Gasteiger partial charge is 0.464 e. The molecule has 0 aliphatic rings. The van der Waals surface area contributed by atoms with Crippen molar-refractivity contribution < 1.29 is 22.3 Å². The Morgan fingerprint density at radius 3 is 2.75 bits per heavy atom. The van der Waals surface area contributed by atoms with Crippen LogP contribution < -0.4 is 10.2 Å². The first kappa shape index (κ1) is 20.3. The van der Waals surface area contributed by atoms with Crippen LogP contribution in [0.3, 0.4) is 0 Å². The van der Waals surface area contributed by atoms with E-state index in [9.17, 15) is 18.0 Å². The minimum atomic E-state index is -4.45. The third-order valence-corrected chi connectivity index (χ3v) is 5.17. The fourth-order valence-electron chi connectivity index (χ4n) is 2.59. The number of rotatable bonds is 7. The molecule has 0 saturated carbocycles. The zero-order valence-corrected chi connectivity index (χ0v) is 15.9. The van der Waals surface area contributed by atoms with E-state index < -0.39 is 11.7 Å². The molecule has 0 atom stereocenters. The van der Waals surface area contributed by atoms with Crippen molar-refractivity contribution in [3.8, 4) is 5.95 Å². The summed E-state index contributed by atoms with van der Waals surface area (Å²) in [5.41, 5.74) is -0.849. The summed E-state index contributed by atoms with van der Waals surface area (Å²) in [4.78, 5) is 17.2. The van der Waals surface area contributed by atoms with E-state index in [2.05, 4.69) is 11.9 Å². The van der Waals surface area contributed by atoms with Crippen molar-refractivity contribution in [3.63, 3.8) is 0 Å². The fraction of sp³-hybridized carbons (Fsp3) is 0.300. The normalized spacial score (nSPS) is 11.7. The van der Waals surface area contributed by atoms with E-state index in [-0.39, 0.29) is 21.8 Å². The van der Waals surface area contributed by atoms with Crippen LogP contribution in [-0.2, 0) is 6.18 Å². The molecule has 0 aliphatic carbocycles. The van der Waals surface area contributed by atoms with Gasteiger partial charge in [0.25, 0.3) is 0 Å². The minimum Gasteiger partial charge on any atom is -0.464 e. The predicted octanol–water partition coefficient (Wildman–Crippen LogP) is 5.93. The first-order valence-corrected chi connectivity index (χ1v) is 9.60. The molecule has 0 N–H and O–H groups in total. The molecule has 0 fully saturated rings. The van der Waals surface area contributed by atoms with Crippen LogP contribution in [0, 0.1) is 0 Å². The molecule has 2 heterocycles. The monoisotopic (exact) mass is 409 g/mol. The number of unbranched alkanes of at least 4 members (excludes halogenated alkanes) is 2. The molecule has 0 saturated heterocycles. The molecule has 0 bridgehead atoms. The maximum absolute atomic E-state index is 12.9. The number of hydrogen-bond donors (Lipinski definition) is 0. The topological polar surface area (TPSA) is 52.3 Å². The molecule has 2 aromatic heterocycles. The van der Waals surface area contributed by atoms with Gasteiger partial charge in [-0.1, -0.05) is 37.6 Å². The quantitative estimate of drug-likeness (QED) is 0.453. The molecular weight excluding hydrogens is 391 g/mol. The number of halogens is 3. The van der Waals surface area contributed by atoms with Crippen LogP contribution in [0.2, 0.25) is 0 Å². The third-order valence-electron chi connectivity index (χ3n) is 4.03. The standard InChI is InChI=1S/C20H18F3NO3S/c1-2-3-4-10-26-19-18(16(25)8-11-27-19)28-17-7-9-24-15-12-13(20(21,22)23)5-6-14(15)17/h5-9,11-12H,2-4,10H2,1H3. The van der Waals surface area contributed by atoms with E-state index in [0.29, 0.717) is 16.9 Å². The Hall–Kier alpha value is -2.48. The summed E-state index contributed by atoms with van der Waals surface area (Å²) in [6, 6.07) is 6.29. The lowest BCUT2D eigenvalue weighted by Crippen LogP contribution is -2.07. The Morgan fingerprint density at radius 1 is 1.18 bits per heavy atom. The van der Waals surface area contributed by atoms with E-state index >= 15 is 0 Å². The average Bonchev–Trinajstić information content (AvgIpc) is 2.66. The van der Waals surface area contributed by atoms with Gasteiger partial charge >= 0.3 is 12.1 Å². The highest BCUT2D eigenvalue weighted by atomic mass is 32.2. The zero-order valence-electron chi connectivity index (χ0n) is 15.1. The lowest BCUT2D eigenvalue weighted by atomic mass is 10.1. The van der Waals surface area contributed by atoms with Gasteiger partial charge in [0.05, 0.1) is 24.0 Å². The van der Waals surface area contributed by atoms with Crippen LogP contribution in [0.15, 0.2) is 61.8 Å². The van der Waals surface area contributed by atoms with E-state index in [1.165, 1.54) is 24.6 Å². The van der Waals surface area contributed by atoms with Crippen molar-refractivity contribution >= 4 is 22.7 Å². The van der Waals surface area contributed by atoms with Gasteiger partial charge in [0.1, 0.15) is 4.90 Å². The van der Waals surface area contributed by atoms with Crippen molar-refractivity contribution in [2.45, 2.75) is 42.2 Å². The highest BCUT2D eigenvalue weighted by Gasteiger charge is 2.30. The van der Waals surface area contributed by atoms with Gasteiger partial charge in [0.15, 0.2) is 0 Å². The summed E-state index contributed by atoms with van der Waals surface area (Å²) in [6.45, 7) is 2.49. The predicted molar refractivity (Wildman–Crippen MR) is 101 cm³/mol. The van der Waals surface area contributed by atoms with Gasteiger partial charge < -0.3 is 9.15 Å². The Bertz CT molecular complexity index is 1020. The Balaban J connectivity index is 1.93. The van der Waals surface area contributed by atoms with E-state index in [4.69, 9.17) is 9.15 Å². The van der Waals surface area contributed by atoms with Crippen molar-refractivity contribution in [2.75, 3.05) is 6.61 Å². The second kappa shape index (κ2) is 8.68. The molecule has 4 nitrogen and oxygen atoms in total. The molecule has 148 valence electrons. The number of ether oxygens (including phenoxy) is 1. The number of pyridine rings is 1. The summed E-state index contributed by atoms with van der Waals surface area (Å²) in [7, 11) is 0. The van der Waals surface area contributed by atoms with E-state index in [1.54, 1.807) is 6.07 Å². The van der Waals surface area contributed by atoms with Gasteiger partial charge in [-0.3, -0.25) is 9.78 Å². The Kier molecular flexibility index (Phi) is 6.28. The maximum atomic E-state index is 12.9. The molecule has 8 heteroatoms. The molecule has 1 aromatic carbocycles. The zero-order chi connectivity index (χ0) is 20.1. The molecule has 0 amide bonds. The second-order valence-electron chi connectivity index (χ2n) is 6.10. The van der Waals surface area contributed by atoms with Gasteiger partial charge in [-0.05, 0) is 24.6 Å². The van der Waals surface area contributed by atoms with Gasteiger partial charge in [0, 0.05) is 22.5 Å². The number of nitrogens with zero attached hydrogens (tertiary/aromatic N) is 1. The van der Waals surface area contributed by atoms with Gasteiger partial charge in [-0.15, -0.1) is 0 Å². The van der Waals surface area contributed by atoms with Crippen molar-refractivity contribution in [2.24, 2.45) is 0 Å². The smallest absolute Gasteiger partial charge is 0.416 e. The van der Waals surface area contributed by atoms with Crippen LogP contribution in [0.1, 0.15) is 31.7 Å². The molecule has 0 radical (unpaired) electrons. The summed E-state index contributed by atoms with van der Waals surface area (Å²) >= 11 is 1.09. The lowest BCUT2D eigenvalue weighted by Gasteiger charge is -2.11. The van der Waals surface area contributed by atoms with Crippen LogP contribution in [0.5, 0.6) is 5.95 Å². The second-order valence-corrected chi connectivity index (χ2v) is 7.15. The minimum absolute atomic E-state index is 0.116. The molecule has 3 aromatic rings.